The quantitative estimate of drug-likeness (QED) is 0.323. The molecule has 0 aliphatic carbocycles. The lowest BCUT2D eigenvalue weighted by molar-refractivity contribution is -0.114. The van der Waals surface area contributed by atoms with Crippen molar-refractivity contribution in [2.45, 2.75) is 13.8 Å². The number of aliphatic imine (C=N–C) groups is 1. The molecule has 0 atom stereocenters. The number of benzene rings is 2. The Kier molecular flexibility index (Phi) is 7.29. The zero-order valence-electron chi connectivity index (χ0n) is 18.8. The molecule has 0 spiro atoms. The molecule has 0 saturated heterocycles. The highest BCUT2D eigenvalue weighted by atomic mass is 35.5. The van der Waals surface area contributed by atoms with Crippen LogP contribution in [0.4, 0.5) is 0 Å². The summed E-state index contributed by atoms with van der Waals surface area (Å²) in [6.07, 6.45) is 1.43. The van der Waals surface area contributed by atoms with E-state index in [9.17, 15) is 13.2 Å². The number of aryl methyl sites for hydroxylation is 1. The van der Waals surface area contributed by atoms with Gasteiger partial charge in [-0.1, -0.05) is 42.8 Å². The van der Waals surface area contributed by atoms with Gasteiger partial charge in [0, 0.05) is 0 Å². The number of nitrogens with zero attached hydrogens (tertiary/aromatic N) is 3. The maximum absolute atomic E-state index is 12.5. The second kappa shape index (κ2) is 10.2. The first-order valence-corrected chi connectivity index (χ1v) is 13.3. The molecular weight excluding hydrogens is 512 g/mol. The third-order valence-electron chi connectivity index (χ3n) is 5.11. The van der Waals surface area contributed by atoms with Gasteiger partial charge in [-0.15, -0.1) is 0 Å². The van der Waals surface area contributed by atoms with Crippen molar-refractivity contribution in [2.24, 2.45) is 9.39 Å². The standard InChI is InChI=1S/C23H21ClN4O5S2/c1-3-35(30,31)23-27-34-22-26-21(29)16(20(25)28(22)23)12-15-8-9-19(17(24)13-15)33-11-10-32-18-7-5-4-6-14(18)2/h4-9,12-13,25H,3,10-11H2,1-2H3/b16-12-,25-20?. The minimum atomic E-state index is -3.71. The molecule has 12 heteroatoms. The zero-order valence-corrected chi connectivity index (χ0v) is 21.2. The number of carbonyl (C=O) groups is 1. The number of nitrogens with one attached hydrogen (secondary N) is 1. The lowest BCUT2D eigenvalue weighted by atomic mass is 10.1. The first-order chi connectivity index (χ1) is 16.7. The average molecular weight is 533 g/mol. The fourth-order valence-corrected chi connectivity index (χ4v) is 5.45. The second-order valence-corrected chi connectivity index (χ2v) is 10.8. The van der Waals surface area contributed by atoms with Gasteiger partial charge in [-0.05, 0) is 42.3 Å². The Labute approximate surface area is 212 Å². The summed E-state index contributed by atoms with van der Waals surface area (Å²) < 4.78 is 40.0. The van der Waals surface area contributed by atoms with E-state index >= 15 is 0 Å². The van der Waals surface area contributed by atoms with Crippen molar-refractivity contribution < 1.29 is 22.7 Å². The predicted octanol–water partition coefficient (Wildman–Crippen LogP) is 4.12. The molecule has 0 aromatic heterocycles. The molecule has 2 aliphatic rings. The van der Waals surface area contributed by atoms with Crippen LogP contribution >= 0.6 is 23.5 Å². The van der Waals surface area contributed by atoms with Crippen molar-refractivity contribution in [3.63, 3.8) is 0 Å². The summed E-state index contributed by atoms with van der Waals surface area (Å²) in [7, 11) is -3.71. The molecule has 1 N–H and O–H groups in total. The van der Waals surface area contributed by atoms with Gasteiger partial charge in [0.1, 0.15) is 30.5 Å². The second-order valence-electron chi connectivity index (χ2n) is 7.46. The molecule has 0 fully saturated rings. The van der Waals surface area contributed by atoms with E-state index in [1.54, 1.807) is 18.2 Å². The maximum Gasteiger partial charge on any atom is 0.283 e. The Bertz CT molecular complexity index is 1400. The molecule has 35 heavy (non-hydrogen) atoms. The van der Waals surface area contributed by atoms with Crippen LogP contribution in [0.1, 0.15) is 18.1 Å². The Hall–Kier alpha value is -3.15. The topological polar surface area (TPSA) is 121 Å². The fourth-order valence-electron chi connectivity index (χ4n) is 3.24. The highest BCUT2D eigenvalue weighted by molar-refractivity contribution is 8.16. The van der Waals surface area contributed by atoms with E-state index in [0.717, 1.165) is 28.2 Å². The number of amides is 1. The number of hydrogen-bond donors (Lipinski definition) is 1. The van der Waals surface area contributed by atoms with Crippen LogP contribution < -0.4 is 9.47 Å². The van der Waals surface area contributed by atoms with E-state index in [0.29, 0.717) is 22.9 Å². The van der Waals surface area contributed by atoms with Gasteiger partial charge in [0.05, 0.1) is 28.3 Å². The SMILES string of the molecule is CCS(=O)(=O)C1=NSC2=NC(=O)/C(=C\c3ccc(OCCOc4ccccc4C)c(Cl)c3)C(=N)N21. The van der Waals surface area contributed by atoms with Gasteiger partial charge in [-0.25, -0.2) is 13.3 Å². The molecule has 0 bridgehead atoms. The third kappa shape index (κ3) is 5.26. The molecule has 0 radical (unpaired) electrons. The number of fused-ring (bicyclic) bond motifs is 1. The summed E-state index contributed by atoms with van der Waals surface area (Å²) in [4.78, 5) is 17.5. The van der Waals surface area contributed by atoms with Crippen LogP contribution in [0.25, 0.3) is 6.08 Å². The molecule has 2 aromatic carbocycles. The maximum atomic E-state index is 12.5. The van der Waals surface area contributed by atoms with Crippen molar-refractivity contribution >= 4 is 61.5 Å². The predicted molar refractivity (Wildman–Crippen MR) is 138 cm³/mol. The average Bonchev–Trinajstić information content (AvgIpc) is 3.26. The Morgan fingerprint density at radius 1 is 1.14 bits per heavy atom. The van der Waals surface area contributed by atoms with Crippen molar-refractivity contribution in [1.82, 2.24) is 4.90 Å². The molecule has 0 saturated carbocycles. The molecule has 2 aliphatic heterocycles. The monoisotopic (exact) mass is 532 g/mol. The summed E-state index contributed by atoms with van der Waals surface area (Å²) >= 11 is 7.11. The summed E-state index contributed by atoms with van der Waals surface area (Å²) in [5.41, 5.74) is 1.47. The van der Waals surface area contributed by atoms with Crippen molar-refractivity contribution in [3.8, 4) is 11.5 Å². The number of rotatable bonds is 7. The van der Waals surface area contributed by atoms with Gasteiger partial charge in [-0.2, -0.15) is 9.39 Å². The summed E-state index contributed by atoms with van der Waals surface area (Å²) in [6.45, 7) is 4.04. The molecule has 2 heterocycles. The molecular formula is C23H21ClN4O5S2. The number of amidine groups is 3. The van der Waals surface area contributed by atoms with Gasteiger partial charge in [0.2, 0.25) is 20.2 Å². The first-order valence-electron chi connectivity index (χ1n) is 10.5. The van der Waals surface area contributed by atoms with Crippen LogP contribution in [0.3, 0.4) is 0 Å². The summed E-state index contributed by atoms with van der Waals surface area (Å²) in [5, 5.41) is 8.50. The zero-order chi connectivity index (χ0) is 25.2. The lowest BCUT2D eigenvalue weighted by Crippen LogP contribution is -2.45. The van der Waals surface area contributed by atoms with E-state index in [2.05, 4.69) is 9.39 Å². The van der Waals surface area contributed by atoms with Crippen LogP contribution in [-0.4, -0.2) is 54.4 Å². The summed E-state index contributed by atoms with van der Waals surface area (Å²) in [6, 6.07) is 12.6. The van der Waals surface area contributed by atoms with Crippen molar-refractivity contribution in [2.75, 3.05) is 19.0 Å². The molecule has 9 nitrogen and oxygen atoms in total. The summed E-state index contributed by atoms with van der Waals surface area (Å²) in [5.74, 6) is 0.0520. The Morgan fingerprint density at radius 2 is 1.86 bits per heavy atom. The number of carbonyl (C=O) groups excluding carboxylic acids is 1. The van der Waals surface area contributed by atoms with Gasteiger partial charge in [0.15, 0.2) is 0 Å². The first kappa shape index (κ1) is 25.0. The van der Waals surface area contributed by atoms with E-state index in [1.165, 1.54) is 13.0 Å². The normalized spacial score (nSPS) is 16.8. The lowest BCUT2D eigenvalue weighted by Gasteiger charge is -2.24. The molecule has 182 valence electrons. The smallest absolute Gasteiger partial charge is 0.283 e. The van der Waals surface area contributed by atoms with E-state index in [4.69, 9.17) is 26.5 Å². The van der Waals surface area contributed by atoms with Crippen molar-refractivity contribution in [1.29, 1.82) is 5.41 Å². The largest absolute Gasteiger partial charge is 0.490 e. The molecule has 2 aromatic rings. The van der Waals surface area contributed by atoms with E-state index in [-0.39, 0.29) is 34.1 Å². The van der Waals surface area contributed by atoms with Crippen molar-refractivity contribution in [3.05, 3.63) is 64.2 Å². The molecule has 1 amide bonds. The van der Waals surface area contributed by atoms with E-state index < -0.39 is 15.7 Å². The molecule has 4 rings (SSSR count). The number of para-hydroxylation sites is 1. The van der Waals surface area contributed by atoms with Crippen LogP contribution in [0.2, 0.25) is 5.02 Å². The van der Waals surface area contributed by atoms with Crippen LogP contribution in [0.5, 0.6) is 11.5 Å². The Morgan fingerprint density at radius 3 is 2.54 bits per heavy atom. The van der Waals surface area contributed by atoms with Gasteiger partial charge in [0.25, 0.3) is 5.91 Å². The number of sulfone groups is 1. The highest BCUT2D eigenvalue weighted by Crippen LogP contribution is 2.31. The number of halogens is 1. The van der Waals surface area contributed by atoms with Crippen LogP contribution in [0, 0.1) is 12.3 Å². The number of hydrogen-bond acceptors (Lipinski definition) is 8. The fraction of sp³-hybridized carbons (Fsp3) is 0.217. The Balaban J connectivity index is 1.46. The van der Waals surface area contributed by atoms with Gasteiger partial charge >= 0.3 is 0 Å². The molecule has 0 unspecified atom stereocenters. The minimum Gasteiger partial charge on any atom is -0.490 e. The van der Waals surface area contributed by atoms with Crippen LogP contribution in [0.15, 0.2) is 57.4 Å². The number of ether oxygens (including phenoxy) is 2. The third-order valence-corrected chi connectivity index (χ3v) is 7.81. The van der Waals surface area contributed by atoms with Gasteiger partial charge in [-0.3, -0.25) is 10.2 Å². The minimum absolute atomic E-state index is 0.0406. The van der Waals surface area contributed by atoms with E-state index in [1.807, 2.05) is 31.2 Å². The van der Waals surface area contributed by atoms with Crippen LogP contribution in [-0.2, 0) is 14.6 Å². The highest BCUT2D eigenvalue weighted by Gasteiger charge is 2.42. The van der Waals surface area contributed by atoms with Gasteiger partial charge < -0.3 is 9.47 Å².